The van der Waals surface area contributed by atoms with Crippen LogP contribution in [0.15, 0.2) is 56.7 Å². The quantitative estimate of drug-likeness (QED) is 0.826. The van der Waals surface area contributed by atoms with E-state index in [1.807, 2.05) is 36.4 Å². The highest BCUT2D eigenvalue weighted by Crippen LogP contribution is 2.35. The van der Waals surface area contributed by atoms with Crippen LogP contribution >= 0.6 is 27.7 Å². The molecule has 0 heterocycles. The van der Waals surface area contributed by atoms with E-state index in [2.05, 4.69) is 15.9 Å². The average Bonchev–Trinajstić information content (AvgIpc) is 2.25. The molecule has 2 nitrogen and oxygen atoms in total. The third kappa shape index (κ3) is 2.71. The first kappa shape index (κ1) is 11.4. The summed E-state index contributed by atoms with van der Waals surface area (Å²) in [5.74, 6) is 0.274. The summed E-state index contributed by atoms with van der Waals surface area (Å²) >= 11 is 4.81. The van der Waals surface area contributed by atoms with Gasteiger partial charge in [0.2, 0.25) is 0 Å². The Morgan fingerprint density at radius 3 is 2.38 bits per heavy atom. The number of halogens is 1. The molecule has 0 amide bonds. The van der Waals surface area contributed by atoms with E-state index < -0.39 is 0 Å². The van der Waals surface area contributed by atoms with Crippen molar-refractivity contribution in [3.63, 3.8) is 0 Å². The highest BCUT2D eigenvalue weighted by Gasteiger charge is 2.03. The van der Waals surface area contributed by atoms with Gasteiger partial charge in [-0.3, -0.25) is 0 Å². The molecule has 0 saturated carbocycles. The Morgan fingerprint density at radius 1 is 1.06 bits per heavy atom. The molecule has 2 rings (SSSR count). The summed E-state index contributed by atoms with van der Waals surface area (Å²) in [5, 5.41) is 9.73. The number of nitrogens with two attached hydrogens (primary N) is 1. The van der Waals surface area contributed by atoms with Crippen LogP contribution in [0.3, 0.4) is 0 Å². The van der Waals surface area contributed by atoms with Gasteiger partial charge in [-0.15, -0.1) is 0 Å². The topological polar surface area (TPSA) is 46.2 Å². The molecule has 0 aliphatic rings. The first-order chi connectivity index (χ1) is 7.65. The van der Waals surface area contributed by atoms with E-state index in [1.165, 1.54) is 11.8 Å². The molecule has 82 valence electrons. The zero-order valence-corrected chi connectivity index (χ0v) is 10.8. The number of aromatic hydroxyl groups is 1. The number of anilines is 1. The SMILES string of the molecule is Nc1ccc(Sc2ccc(Br)cc2O)cc1. The molecule has 0 bridgehead atoms. The van der Waals surface area contributed by atoms with Crippen LogP contribution in [0.4, 0.5) is 5.69 Å². The Hall–Kier alpha value is -1.13. The number of benzene rings is 2. The molecule has 16 heavy (non-hydrogen) atoms. The standard InChI is InChI=1S/C12H10BrNOS/c13-8-1-6-12(11(15)7-8)16-10-4-2-9(14)3-5-10/h1-7,15H,14H2. The van der Waals surface area contributed by atoms with Crippen molar-refractivity contribution < 1.29 is 5.11 Å². The van der Waals surface area contributed by atoms with Gasteiger partial charge in [-0.1, -0.05) is 27.7 Å². The number of rotatable bonds is 2. The number of phenolic OH excluding ortho intramolecular Hbond substituents is 1. The van der Waals surface area contributed by atoms with E-state index >= 15 is 0 Å². The zero-order valence-electron chi connectivity index (χ0n) is 8.35. The van der Waals surface area contributed by atoms with Crippen molar-refractivity contribution in [3.8, 4) is 5.75 Å². The lowest BCUT2D eigenvalue weighted by Crippen LogP contribution is -1.82. The van der Waals surface area contributed by atoms with Crippen LogP contribution in [0.5, 0.6) is 5.75 Å². The second-order valence-corrected chi connectivity index (χ2v) is 5.31. The molecule has 2 aromatic carbocycles. The molecule has 0 fully saturated rings. The maximum atomic E-state index is 9.73. The van der Waals surface area contributed by atoms with E-state index in [-0.39, 0.29) is 5.75 Å². The monoisotopic (exact) mass is 295 g/mol. The van der Waals surface area contributed by atoms with Gasteiger partial charge in [-0.25, -0.2) is 0 Å². The molecule has 4 heteroatoms. The van der Waals surface area contributed by atoms with Crippen molar-refractivity contribution in [2.24, 2.45) is 0 Å². The summed E-state index contributed by atoms with van der Waals surface area (Å²) in [7, 11) is 0. The molecule has 0 aliphatic heterocycles. The fourth-order valence-corrected chi connectivity index (χ4v) is 2.41. The smallest absolute Gasteiger partial charge is 0.130 e. The van der Waals surface area contributed by atoms with Crippen molar-refractivity contribution in [3.05, 3.63) is 46.9 Å². The minimum Gasteiger partial charge on any atom is -0.507 e. The summed E-state index contributed by atoms with van der Waals surface area (Å²) in [5.41, 5.74) is 6.35. The number of nitrogen functional groups attached to an aromatic ring is 1. The van der Waals surface area contributed by atoms with Crippen molar-refractivity contribution in [2.45, 2.75) is 9.79 Å². The summed E-state index contributed by atoms with van der Waals surface area (Å²) in [6.07, 6.45) is 0. The molecule has 0 unspecified atom stereocenters. The van der Waals surface area contributed by atoms with E-state index in [4.69, 9.17) is 5.73 Å². The van der Waals surface area contributed by atoms with Gasteiger partial charge >= 0.3 is 0 Å². The van der Waals surface area contributed by atoms with E-state index in [9.17, 15) is 5.11 Å². The molecular formula is C12H10BrNOS. The van der Waals surface area contributed by atoms with E-state index in [1.54, 1.807) is 6.07 Å². The van der Waals surface area contributed by atoms with Crippen LogP contribution in [0.25, 0.3) is 0 Å². The van der Waals surface area contributed by atoms with Gasteiger partial charge in [0, 0.05) is 15.1 Å². The Labute approximate surface area is 107 Å². The summed E-state index contributed by atoms with van der Waals surface area (Å²) in [6.45, 7) is 0. The largest absolute Gasteiger partial charge is 0.507 e. The highest BCUT2D eigenvalue weighted by atomic mass is 79.9. The minimum absolute atomic E-state index is 0.274. The zero-order chi connectivity index (χ0) is 11.5. The average molecular weight is 296 g/mol. The Morgan fingerprint density at radius 2 is 1.75 bits per heavy atom. The Kier molecular flexibility index (Phi) is 3.41. The van der Waals surface area contributed by atoms with Crippen molar-refractivity contribution in [1.29, 1.82) is 0 Å². The third-order valence-corrected chi connectivity index (χ3v) is 3.60. The van der Waals surface area contributed by atoms with Crippen LogP contribution in [0.2, 0.25) is 0 Å². The highest BCUT2D eigenvalue weighted by molar-refractivity contribution is 9.10. The van der Waals surface area contributed by atoms with Crippen LogP contribution in [0, 0.1) is 0 Å². The number of hydrogen-bond acceptors (Lipinski definition) is 3. The molecule has 2 aromatic rings. The normalized spacial score (nSPS) is 10.3. The van der Waals surface area contributed by atoms with E-state index in [0.717, 1.165) is 20.0 Å². The van der Waals surface area contributed by atoms with Gasteiger partial charge in [0.15, 0.2) is 0 Å². The first-order valence-corrected chi connectivity index (χ1v) is 6.28. The van der Waals surface area contributed by atoms with Gasteiger partial charge < -0.3 is 10.8 Å². The van der Waals surface area contributed by atoms with Crippen LogP contribution < -0.4 is 5.73 Å². The second kappa shape index (κ2) is 4.80. The fourth-order valence-electron chi connectivity index (χ4n) is 1.24. The molecule has 0 atom stereocenters. The predicted octanol–water partition coefficient (Wildman–Crippen LogP) is 3.89. The van der Waals surface area contributed by atoms with Crippen LogP contribution in [-0.4, -0.2) is 5.11 Å². The fraction of sp³-hybridized carbons (Fsp3) is 0. The minimum atomic E-state index is 0.274. The van der Waals surface area contributed by atoms with Gasteiger partial charge in [0.05, 0.1) is 4.90 Å². The van der Waals surface area contributed by atoms with Gasteiger partial charge in [-0.2, -0.15) is 0 Å². The Bertz CT molecular complexity index is 499. The van der Waals surface area contributed by atoms with E-state index in [0.29, 0.717) is 0 Å². The third-order valence-electron chi connectivity index (χ3n) is 2.03. The maximum absolute atomic E-state index is 9.73. The predicted molar refractivity (Wildman–Crippen MR) is 70.8 cm³/mol. The lowest BCUT2D eigenvalue weighted by molar-refractivity contribution is 0.462. The molecule has 3 N–H and O–H groups in total. The molecule has 0 aromatic heterocycles. The lowest BCUT2D eigenvalue weighted by atomic mass is 10.3. The molecule has 0 spiro atoms. The van der Waals surface area contributed by atoms with Crippen molar-refractivity contribution >= 4 is 33.4 Å². The van der Waals surface area contributed by atoms with Gasteiger partial charge in [0.1, 0.15) is 5.75 Å². The van der Waals surface area contributed by atoms with Crippen molar-refractivity contribution in [1.82, 2.24) is 0 Å². The summed E-state index contributed by atoms with van der Waals surface area (Å²) in [6, 6.07) is 13.0. The number of phenols is 1. The van der Waals surface area contributed by atoms with Gasteiger partial charge in [-0.05, 0) is 42.5 Å². The molecule has 0 aliphatic carbocycles. The van der Waals surface area contributed by atoms with Crippen LogP contribution in [0.1, 0.15) is 0 Å². The molecule has 0 saturated heterocycles. The number of hydrogen-bond donors (Lipinski definition) is 2. The Balaban J connectivity index is 2.23. The maximum Gasteiger partial charge on any atom is 0.130 e. The van der Waals surface area contributed by atoms with Gasteiger partial charge in [0.25, 0.3) is 0 Å². The van der Waals surface area contributed by atoms with Crippen LogP contribution in [-0.2, 0) is 0 Å². The summed E-state index contributed by atoms with van der Waals surface area (Å²) in [4.78, 5) is 1.87. The molecular weight excluding hydrogens is 286 g/mol. The first-order valence-electron chi connectivity index (χ1n) is 4.67. The van der Waals surface area contributed by atoms with Crippen molar-refractivity contribution in [2.75, 3.05) is 5.73 Å². The summed E-state index contributed by atoms with van der Waals surface area (Å²) < 4.78 is 0.867. The lowest BCUT2D eigenvalue weighted by Gasteiger charge is -2.05. The second-order valence-electron chi connectivity index (χ2n) is 3.28. The molecule has 0 radical (unpaired) electrons.